The summed E-state index contributed by atoms with van der Waals surface area (Å²) in [6.45, 7) is 0.226. The molecule has 0 aromatic rings. The van der Waals surface area contributed by atoms with Gasteiger partial charge < -0.3 is 9.47 Å². The van der Waals surface area contributed by atoms with Crippen molar-refractivity contribution in [3.63, 3.8) is 0 Å². The van der Waals surface area contributed by atoms with E-state index in [0.29, 0.717) is 11.5 Å². The van der Waals surface area contributed by atoms with Gasteiger partial charge in [-0.05, 0) is 0 Å². The predicted octanol–water partition coefficient (Wildman–Crippen LogP) is -0.515. The highest BCUT2D eigenvalue weighted by Crippen LogP contribution is 2.14. The molecule has 0 aromatic heterocycles. The zero-order chi connectivity index (χ0) is 9.84. The van der Waals surface area contributed by atoms with E-state index >= 15 is 0 Å². The standard InChI is InChI=1S/C7H14O4S2/c1-12(8)3-6-7(4-13(2)9)11-5-10-6/h6-7H,3-5H2,1-2H3. The van der Waals surface area contributed by atoms with Crippen molar-refractivity contribution >= 4 is 21.6 Å². The van der Waals surface area contributed by atoms with Gasteiger partial charge >= 0.3 is 0 Å². The maximum Gasteiger partial charge on any atom is 0.147 e. The third kappa shape index (κ3) is 3.84. The van der Waals surface area contributed by atoms with Gasteiger partial charge in [-0.1, -0.05) is 0 Å². The summed E-state index contributed by atoms with van der Waals surface area (Å²) in [5.74, 6) is 0.920. The van der Waals surface area contributed by atoms with E-state index in [1.807, 2.05) is 0 Å². The molecule has 0 aromatic carbocycles. The Morgan fingerprint density at radius 1 is 1.08 bits per heavy atom. The van der Waals surface area contributed by atoms with Crippen LogP contribution in [-0.4, -0.2) is 51.4 Å². The summed E-state index contributed by atoms with van der Waals surface area (Å²) in [6.07, 6.45) is 2.94. The SMILES string of the molecule is CS(=O)CC1OCOC1CS(C)=O. The average Bonchev–Trinajstić information content (AvgIpc) is 2.34. The van der Waals surface area contributed by atoms with Gasteiger partial charge in [-0.25, -0.2) is 0 Å². The molecule has 1 rings (SSSR count). The molecular formula is C7H14O4S2. The lowest BCUT2D eigenvalue weighted by Gasteiger charge is -2.13. The molecule has 4 unspecified atom stereocenters. The highest BCUT2D eigenvalue weighted by molar-refractivity contribution is 7.84. The zero-order valence-corrected chi connectivity index (χ0v) is 9.36. The lowest BCUT2D eigenvalue weighted by atomic mass is 10.3. The first-order valence-electron chi connectivity index (χ1n) is 3.93. The van der Waals surface area contributed by atoms with Crippen molar-refractivity contribution in [2.75, 3.05) is 30.8 Å². The molecule has 0 N–H and O–H groups in total. The summed E-state index contributed by atoms with van der Waals surface area (Å²) in [6, 6.07) is 0. The molecule has 0 radical (unpaired) electrons. The summed E-state index contributed by atoms with van der Waals surface area (Å²) in [7, 11) is -1.79. The van der Waals surface area contributed by atoms with Gasteiger partial charge in [-0.2, -0.15) is 0 Å². The molecule has 13 heavy (non-hydrogen) atoms. The molecule has 0 spiro atoms. The van der Waals surface area contributed by atoms with Gasteiger partial charge in [0.1, 0.15) is 6.79 Å². The number of hydrogen-bond acceptors (Lipinski definition) is 4. The molecule has 1 fully saturated rings. The molecule has 4 nitrogen and oxygen atoms in total. The van der Waals surface area contributed by atoms with Crippen LogP contribution in [-0.2, 0) is 31.1 Å². The first-order chi connectivity index (χ1) is 6.09. The van der Waals surface area contributed by atoms with Gasteiger partial charge in [-0.15, -0.1) is 0 Å². The first-order valence-corrected chi connectivity index (χ1v) is 7.38. The van der Waals surface area contributed by atoms with Crippen LogP contribution in [0.2, 0.25) is 0 Å². The van der Waals surface area contributed by atoms with Crippen LogP contribution < -0.4 is 0 Å². The maximum atomic E-state index is 10.9. The van der Waals surface area contributed by atoms with E-state index in [0.717, 1.165) is 0 Å². The van der Waals surface area contributed by atoms with Crippen molar-refractivity contribution in [1.29, 1.82) is 0 Å². The Bertz CT molecular complexity index is 197. The van der Waals surface area contributed by atoms with Crippen LogP contribution in [0.1, 0.15) is 0 Å². The molecule has 1 saturated heterocycles. The average molecular weight is 226 g/mol. The van der Waals surface area contributed by atoms with Gasteiger partial charge in [0.2, 0.25) is 0 Å². The van der Waals surface area contributed by atoms with Gasteiger partial charge in [0.25, 0.3) is 0 Å². The molecule has 6 heteroatoms. The topological polar surface area (TPSA) is 52.6 Å². The van der Waals surface area contributed by atoms with Crippen molar-refractivity contribution in [3.8, 4) is 0 Å². The molecular weight excluding hydrogens is 212 g/mol. The first kappa shape index (κ1) is 11.3. The highest BCUT2D eigenvalue weighted by Gasteiger charge is 2.30. The second-order valence-electron chi connectivity index (χ2n) is 3.01. The Morgan fingerprint density at radius 3 is 1.77 bits per heavy atom. The monoisotopic (exact) mass is 226 g/mol. The predicted molar refractivity (Wildman–Crippen MR) is 52.5 cm³/mol. The fourth-order valence-electron chi connectivity index (χ4n) is 1.20. The van der Waals surface area contributed by atoms with Crippen molar-refractivity contribution < 1.29 is 17.9 Å². The Balaban J connectivity index is 2.43. The van der Waals surface area contributed by atoms with Crippen LogP contribution in [0, 0.1) is 0 Å². The van der Waals surface area contributed by atoms with E-state index in [-0.39, 0.29) is 19.0 Å². The normalized spacial score (nSPS) is 33.1. The minimum absolute atomic E-state index is 0.158. The summed E-state index contributed by atoms with van der Waals surface area (Å²) in [4.78, 5) is 0. The van der Waals surface area contributed by atoms with Gasteiger partial charge in [0, 0.05) is 34.1 Å². The Kier molecular flexibility index (Phi) is 4.51. The molecule has 4 atom stereocenters. The zero-order valence-electron chi connectivity index (χ0n) is 7.73. The summed E-state index contributed by atoms with van der Waals surface area (Å²) >= 11 is 0. The van der Waals surface area contributed by atoms with Crippen molar-refractivity contribution in [2.45, 2.75) is 12.2 Å². The van der Waals surface area contributed by atoms with E-state index in [2.05, 4.69) is 0 Å². The summed E-state index contributed by atoms with van der Waals surface area (Å²) < 4.78 is 32.3. The minimum atomic E-state index is -0.895. The maximum absolute atomic E-state index is 10.9. The fourth-order valence-corrected chi connectivity index (χ4v) is 2.75. The third-order valence-corrected chi connectivity index (χ3v) is 3.37. The van der Waals surface area contributed by atoms with Gasteiger partial charge in [0.15, 0.2) is 0 Å². The number of ether oxygens (including phenoxy) is 2. The number of hydrogen-bond donors (Lipinski definition) is 0. The van der Waals surface area contributed by atoms with Gasteiger partial charge in [-0.3, -0.25) is 8.42 Å². The van der Waals surface area contributed by atoms with Crippen molar-refractivity contribution in [2.24, 2.45) is 0 Å². The van der Waals surface area contributed by atoms with E-state index in [1.165, 1.54) is 0 Å². The van der Waals surface area contributed by atoms with E-state index in [4.69, 9.17) is 9.47 Å². The lowest BCUT2D eigenvalue weighted by molar-refractivity contribution is 0.0442. The quantitative estimate of drug-likeness (QED) is 0.647. The van der Waals surface area contributed by atoms with E-state index in [1.54, 1.807) is 12.5 Å². The Labute approximate surface area is 82.9 Å². The second kappa shape index (κ2) is 5.19. The molecule has 0 bridgehead atoms. The summed E-state index contributed by atoms with van der Waals surface area (Å²) in [5, 5.41) is 0. The molecule has 1 aliphatic heterocycles. The van der Waals surface area contributed by atoms with Gasteiger partial charge in [0.05, 0.1) is 23.7 Å². The van der Waals surface area contributed by atoms with Crippen LogP contribution in [0.4, 0.5) is 0 Å². The smallest absolute Gasteiger partial charge is 0.147 e. The van der Waals surface area contributed by atoms with Crippen LogP contribution in [0.15, 0.2) is 0 Å². The second-order valence-corrected chi connectivity index (χ2v) is 5.97. The van der Waals surface area contributed by atoms with Crippen molar-refractivity contribution in [3.05, 3.63) is 0 Å². The lowest BCUT2D eigenvalue weighted by Crippen LogP contribution is -2.32. The highest BCUT2D eigenvalue weighted by atomic mass is 32.2. The Morgan fingerprint density at radius 2 is 1.46 bits per heavy atom. The van der Waals surface area contributed by atoms with Crippen LogP contribution in [0.25, 0.3) is 0 Å². The molecule has 0 aliphatic carbocycles. The largest absolute Gasteiger partial charge is 0.348 e. The van der Waals surface area contributed by atoms with Crippen LogP contribution in [0.3, 0.4) is 0 Å². The minimum Gasteiger partial charge on any atom is -0.348 e. The van der Waals surface area contributed by atoms with E-state index < -0.39 is 21.6 Å². The van der Waals surface area contributed by atoms with Crippen molar-refractivity contribution in [1.82, 2.24) is 0 Å². The van der Waals surface area contributed by atoms with Crippen LogP contribution in [0.5, 0.6) is 0 Å². The van der Waals surface area contributed by atoms with E-state index in [9.17, 15) is 8.42 Å². The summed E-state index contributed by atoms with van der Waals surface area (Å²) in [5.41, 5.74) is 0. The molecule has 1 aliphatic rings. The third-order valence-electron chi connectivity index (χ3n) is 1.78. The van der Waals surface area contributed by atoms with Crippen LogP contribution >= 0.6 is 0 Å². The molecule has 0 amide bonds. The fraction of sp³-hybridized carbons (Fsp3) is 1.00. The molecule has 0 saturated carbocycles. The molecule has 78 valence electrons. The number of rotatable bonds is 4. The Hall–Kier alpha value is 0.220. The molecule has 1 heterocycles.